The number of nitrogens with one attached hydrogen (secondary N) is 3. The van der Waals surface area contributed by atoms with Crippen LogP contribution in [0.2, 0.25) is 5.02 Å². The molecule has 1 aromatic carbocycles. The number of aromatic nitrogens is 2. The van der Waals surface area contributed by atoms with Crippen molar-refractivity contribution in [3.05, 3.63) is 28.9 Å². The van der Waals surface area contributed by atoms with E-state index in [4.69, 9.17) is 16.3 Å². The van der Waals surface area contributed by atoms with Crippen molar-refractivity contribution in [2.24, 2.45) is 11.8 Å². The van der Waals surface area contributed by atoms with Gasteiger partial charge in [-0.2, -0.15) is 4.98 Å². The van der Waals surface area contributed by atoms with Crippen LogP contribution >= 0.6 is 11.6 Å². The molecule has 2 aromatic rings. The van der Waals surface area contributed by atoms with E-state index in [0.717, 1.165) is 43.5 Å². The Bertz CT molecular complexity index is 1230. The predicted molar refractivity (Wildman–Crippen MR) is 151 cm³/mol. The van der Waals surface area contributed by atoms with Gasteiger partial charge in [-0.05, 0) is 55.2 Å². The van der Waals surface area contributed by atoms with E-state index in [-0.39, 0.29) is 17.9 Å². The van der Waals surface area contributed by atoms with Crippen LogP contribution in [0.25, 0.3) is 0 Å². The van der Waals surface area contributed by atoms with Crippen molar-refractivity contribution in [2.75, 3.05) is 49.3 Å². The summed E-state index contributed by atoms with van der Waals surface area (Å²) in [4.78, 5) is 25.9. The lowest BCUT2D eigenvalue weighted by Gasteiger charge is -2.33. The molecule has 0 radical (unpaired) electrons. The first-order valence-corrected chi connectivity index (χ1v) is 14.8. The second-order valence-electron chi connectivity index (χ2n) is 10.6. The van der Waals surface area contributed by atoms with Gasteiger partial charge < -0.3 is 24.8 Å². The maximum Gasteiger partial charge on any atom is 0.240 e. The number of hydrogen-bond donors (Lipinski definition) is 3. The summed E-state index contributed by atoms with van der Waals surface area (Å²) in [7, 11) is 3.42. The van der Waals surface area contributed by atoms with Gasteiger partial charge in [-0.25, -0.2) is 9.71 Å². The smallest absolute Gasteiger partial charge is 0.240 e. The summed E-state index contributed by atoms with van der Waals surface area (Å²) in [5, 5.41) is 7.04. The van der Waals surface area contributed by atoms with Gasteiger partial charge in [0.2, 0.25) is 11.9 Å². The van der Waals surface area contributed by atoms with Gasteiger partial charge in [0.05, 0.1) is 31.2 Å². The Morgan fingerprint density at radius 3 is 2.74 bits per heavy atom. The first-order chi connectivity index (χ1) is 18.8. The highest BCUT2D eigenvalue weighted by Crippen LogP contribution is 2.38. The second kappa shape index (κ2) is 12.3. The van der Waals surface area contributed by atoms with Crippen molar-refractivity contribution in [3.63, 3.8) is 0 Å². The Kier molecular flexibility index (Phi) is 8.87. The van der Waals surface area contributed by atoms with Crippen molar-refractivity contribution >= 4 is 51.9 Å². The summed E-state index contributed by atoms with van der Waals surface area (Å²) < 4.78 is 30.3. The van der Waals surface area contributed by atoms with E-state index >= 15 is 0 Å². The number of methoxy groups -OCH3 is 1. The molecule has 0 spiro atoms. The molecule has 3 atom stereocenters. The van der Waals surface area contributed by atoms with Crippen molar-refractivity contribution in [3.8, 4) is 5.75 Å². The zero-order valence-corrected chi connectivity index (χ0v) is 23.8. The molecule has 39 heavy (non-hydrogen) atoms. The number of benzene rings is 1. The Morgan fingerprint density at radius 1 is 1.21 bits per heavy atom. The van der Waals surface area contributed by atoms with Gasteiger partial charge in [0, 0.05) is 44.0 Å². The van der Waals surface area contributed by atoms with Crippen LogP contribution in [-0.2, 0) is 22.6 Å². The van der Waals surface area contributed by atoms with Crippen LogP contribution in [0.3, 0.4) is 0 Å². The molecule has 0 saturated heterocycles. The molecule has 0 bridgehead atoms. The highest BCUT2D eigenvalue weighted by Gasteiger charge is 2.30. The van der Waals surface area contributed by atoms with Crippen LogP contribution in [0.5, 0.6) is 5.75 Å². The van der Waals surface area contributed by atoms with Crippen LogP contribution in [0.1, 0.15) is 44.1 Å². The van der Waals surface area contributed by atoms with Crippen molar-refractivity contribution in [1.29, 1.82) is 0 Å². The molecule has 2 aliphatic carbocycles. The van der Waals surface area contributed by atoms with Gasteiger partial charge in [0.15, 0.2) is 5.82 Å². The van der Waals surface area contributed by atoms with E-state index in [0.29, 0.717) is 53.8 Å². The van der Waals surface area contributed by atoms with Gasteiger partial charge in [-0.15, -0.1) is 0 Å². The number of amides is 1. The van der Waals surface area contributed by atoms with E-state index in [1.807, 2.05) is 12.1 Å². The van der Waals surface area contributed by atoms with Gasteiger partial charge in [-0.3, -0.25) is 13.9 Å². The Balaban J connectivity index is 1.36. The number of carbonyl (C=O) groups excluding carboxylic acids is 1. The third-order valence-electron chi connectivity index (χ3n) is 7.79. The number of ether oxygens (including phenoxy) is 1. The van der Waals surface area contributed by atoms with Gasteiger partial charge >= 0.3 is 0 Å². The molecule has 3 N–H and O–H groups in total. The highest BCUT2D eigenvalue weighted by atomic mass is 35.5. The van der Waals surface area contributed by atoms with Crippen molar-refractivity contribution < 1.29 is 18.3 Å². The largest absolute Gasteiger partial charge is 0.760 e. The lowest BCUT2D eigenvalue weighted by molar-refractivity contribution is -0.119. The molecule has 11 nitrogen and oxygen atoms in total. The number of anilines is 4. The number of nitrogens with zero attached hydrogens (tertiary/aromatic N) is 4. The number of halogens is 1. The summed E-state index contributed by atoms with van der Waals surface area (Å²) in [5.41, 5.74) is 2.49. The average molecular weight is 577 g/mol. The van der Waals surface area contributed by atoms with Crippen LogP contribution in [0.15, 0.2) is 18.3 Å². The van der Waals surface area contributed by atoms with E-state index < -0.39 is 11.3 Å². The number of fused-ring (bicyclic) bond motifs is 1. The molecule has 1 aliphatic heterocycles. The number of rotatable bonds is 10. The molecule has 212 valence electrons. The van der Waals surface area contributed by atoms with Crippen molar-refractivity contribution in [1.82, 2.24) is 19.6 Å². The molecule has 2 fully saturated rings. The molecule has 13 heteroatoms. The topological polar surface area (TPSA) is 135 Å². The molecular weight excluding hydrogens is 542 g/mol. The van der Waals surface area contributed by atoms with E-state index in [9.17, 15) is 13.6 Å². The van der Waals surface area contributed by atoms with E-state index in [2.05, 4.69) is 30.2 Å². The van der Waals surface area contributed by atoms with Crippen LogP contribution in [0.4, 0.5) is 23.1 Å². The minimum atomic E-state index is -2.30. The lowest BCUT2D eigenvalue weighted by Crippen LogP contribution is -2.39. The number of carbonyl (C=O) groups is 1. The van der Waals surface area contributed by atoms with Gasteiger partial charge in [0.25, 0.3) is 0 Å². The van der Waals surface area contributed by atoms with Gasteiger partial charge in [0.1, 0.15) is 10.8 Å². The fourth-order valence-corrected chi connectivity index (χ4v) is 5.98. The molecule has 1 aromatic heterocycles. The Labute approximate surface area is 236 Å². The normalized spacial score (nSPS) is 22.7. The first kappa shape index (κ1) is 28.0. The molecule has 3 aliphatic rings. The second-order valence-corrected chi connectivity index (χ2v) is 11.8. The predicted octanol–water partition coefficient (Wildman–Crippen LogP) is 3.43. The monoisotopic (exact) mass is 576 g/mol. The summed E-state index contributed by atoms with van der Waals surface area (Å²) in [5.74, 6) is 2.29. The van der Waals surface area contributed by atoms with E-state index in [1.165, 1.54) is 19.0 Å². The summed E-state index contributed by atoms with van der Waals surface area (Å²) in [6, 6.07) is 3.90. The van der Waals surface area contributed by atoms with Crippen LogP contribution in [-0.4, -0.2) is 69.4 Å². The van der Waals surface area contributed by atoms with Crippen LogP contribution in [0, 0.1) is 11.8 Å². The zero-order valence-electron chi connectivity index (χ0n) is 22.2. The fourth-order valence-electron chi connectivity index (χ4n) is 5.48. The summed E-state index contributed by atoms with van der Waals surface area (Å²) >= 11 is 4.15. The van der Waals surface area contributed by atoms with Crippen molar-refractivity contribution in [2.45, 2.75) is 51.1 Å². The van der Waals surface area contributed by atoms with Gasteiger partial charge in [-0.1, -0.05) is 24.4 Å². The standard InChI is InChI=1S/C26H36ClN7O4S/c1-33-22-10-21(23(38-2)9-18(22)14-34(15-24(33)35)13-16-7-8-16)31-26-28-12-19(27)25(32-26)30-20-6-4-3-5-17(20)11-29-39(36)37/h9-10,12,16-17,20,29H,3-8,11,13-15H2,1-2H3,(H,36,37)(H2,28,30,31,32)/p-1/t17-,20-/m1/s1. The quantitative estimate of drug-likeness (QED) is 0.363. The summed E-state index contributed by atoms with van der Waals surface area (Å²) in [6.45, 7) is 2.37. The first-order valence-electron chi connectivity index (χ1n) is 13.4. The average Bonchev–Trinajstić information content (AvgIpc) is 3.74. The van der Waals surface area contributed by atoms with Crippen LogP contribution < -0.4 is 25.0 Å². The molecule has 2 heterocycles. The number of hydrogen-bond acceptors (Lipinski definition) is 9. The molecule has 1 amide bonds. The van der Waals surface area contributed by atoms with E-state index in [1.54, 1.807) is 19.1 Å². The lowest BCUT2D eigenvalue weighted by atomic mass is 9.84. The molecule has 1 unspecified atom stereocenters. The molecular formula is C26H35ClN7O4S-. The number of likely N-dealkylation sites (N-methyl/N-ethyl adjacent to an activating group) is 1. The maximum atomic E-state index is 12.9. The highest BCUT2D eigenvalue weighted by molar-refractivity contribution is 7.77. The zero-order chi connectivity index (χ0) is 27.5. The minimum Gasteiger partial charge on any atom is -0.760 e. The SMILES string of the molecule is COc1cc2c(cc1Nc1ncc(Cl)c(N[C@@H]3CCCC[C@@H]3CNS(=O)[O-])n1)N(C)C(=O)CN(CC1CC1)C2. The minimum absolute atomic E-state index is 0.0235. The molecule has 5 rings (SSSR count). The Morgan fingerprint density at radius 2 is 2.00 bits per heavy atom. The third-order valence-corrected chi connectivity index (χ3v) is 8.47. The summed E-state index contributed by atoms with van der Waals surface area (Å²) in [6.07, 6.45) is 7.88. The molecule has 2 saturated carbocycles. The fraction of sp³-hybridized carbons (Fsp3) is 0.577. The Hall–Kier alpha value is -2.51. The maximum absolute atomic E-state index is 12.9. The third kappa shape index (κ3) is 6.98.